The number of para-hydroxylation sites is 1. The number of hydrogen-bond acceptors (Lipinski definition) is 7. The molecule has 0 radical (unpaired) electrons. The second kappa shape index (κ2) is 7.78. The fourth-order valence-corrected chi connectivity index (χ4v) is 2.94. The van der Waals surface area contributed by atoms with E-state index in [0.717, 1.165) is 4.57 Å². The molecule has 152 valence electrons. The van der Waals surface area contributed by atoms with E-state index >= 15 is 0 Å². The van der Waals surface area contributed by atoms with Gasteiger partial charge >= 0.3 is 11.7 Å². The molecule has 0 spiro atoms. The lowest BCUT2D eigenvalue weighted by molar-refractivity contribution is 0.0445. The van der Waals surface area contributed by atoms with Crippen molar-refractivity contribution in [3.63, 3.8) is 0 Å². The zero-order chi connectivity index (χ0) is 21.3. The fourth-order valence-electron chi connectivity index (χ4n) is 2.94. The van der Waals surface area contributed by atoms with Crippen LogP contribution in [0.15, 0.2) is 44.3 Å². The van der Waals surface area contributed by atoms with E-state index < -0.39 is 29.6 Å². The summed E-state index contributed by atoms with van der Waals surface area (Å²) in [5.74, 6) is -1.90. The third-order valence-corrected chi connectivity index (χ3v) is 4.37. The molecule has 0 aliphatic heterocycles. The number of furan rings is 1. The summed E-state index contributed by atoms with van der Waals surface area (Å²) < 4.78 is 12.4. The van der Waals surface area contributed by atoms with Crippen LogP contribution in [0.4, 0.5) is 5.82 Å². The van der Waals surface area contributed by atoms with Gasteiger partial charge in [0.15, 0.2) is 6.61 Å². The van der Waals surface area contributed by atoms with E-state index in [1.54, 1.807) is 24.3 Å². The molecule has 0 atom stereocenters. The molecule has 2 aromatic heterocycles. The molecule has 1 aromatic carbocycles. The van der Waals surface area contributed by atoms with Crippen LogP contribution in [0.1, 0.15) is 34.8 Å². The number of carbonyl (C=O) groups is 2. The molecule has 0 aliphatic rings. The van der Waals surface area contributed by atoms with Crippen molar-refractivity contribution in [3.8, 4) is 0 Å². The Labute approximate surface area is 165 Å². The third kappa shape index (κ3) is 3.84. The van der Waals surface area contributed by atoms with Crippen LogP contribution in [0.25, 0.3) is 11.0 Å². The first-order valence-electron chi connectivity index (χ1n) is 8.99. The number of nitrogens with two attached hydrogens (primary N) is 1. The number of rotatable bonds is 6. The van der Waals surface area contributed by atoms with Crippen molar-refractivity contribution in [2.75, 3.05) is 12.3 Å². The molecule has 0 fully saturated rings. The van der Waals surface area contributed by atoms with Crippen molar-refractivity contribution < 1.29 is 18.7 Å². The van der Waals surface area contributed by atoms with Crippen LogP contribution in [0.5, 0.6) is 0 Å². The Kier molecular flexibility index (Phi) is 5.40. The van der Waals surface area contributed by atoms with Crippen LogP contribution in [-0.2, 0) is 18.3 Å². The van der Waals surface area contributed by atoms with E-state index in [1.165, 1.54) is 17.7 Å². The van der Waals surface area contributed by atoms with Gasteiger partial charge in [0.05, 0.1) is 0 Å². The summed E-state index contributed by atoms with van der Waals surface area (Å²) in [6.45, 7) is 3.26. The number of esters is 1. The van der Waals surface area contributed by atoms with Gasteiger partial charge in [-0.05, 0) is 18.1 Å². The lowest BCUT2D eigenvalue weighted by atomic mass is 10.1. The van der Waals surface area contributed by atoms with Gasteiger partial charge in [-0.3, -0.25) is 18.7 Å². The highest BCUT2D eigenvalue weighted by Gasteiger charge is 2.24. The van der Waals surface area contributed by atoms with E-state index in [2.05, 4.69) is 0 Å². The third-order valence-electron chi connectivity index (χ3n) is 4.37. The van der Waals surface area contributed by atoms with Crippen molar-refractivity contribution in [3.05, 3.63) is 62.5 Å². The summed E-state index contributed by atoms with van der Waals surface area (Å²) in [5, 5.41) is 0.713. The van der Waals surface area contributed by atoms with Crippen LogP contribution < -0.4 is 17.0 Å². The number of Topliss-reactive ketones (excluding diaryl/α,β-unsaturated/α-hetero) is 1. The first-order valence-corrected chi connectivity index (χ1v) is 8.99. The maximum atomic E-state index is 12.6. The Bertz CT molecular complexity index is 1180. The number of carbonyl (C=O) groups excluding carboxylic acids is 2. The van der Waals surface area contributed by atoms with E-state index in [-0.39, 0.29) is 29.6 Å². The predicted octanol–water partition coefficient (Wildman–Crippen LogP) is 1.57. The van der Waals surface area contributed by atoms with Gasteiger partial charge in [0.2, 0.25) is 11.5 Å². The molecule has 9 nitrogen and oxygen atoms in total. The Morgan fingerprint density at radius 3 is 2.55 bits per heavy atom. The number of ketones is 1. The molecule has 0 aliphatic carbocycles. The Balaban J connectivity index is 1.85. The van der Waals surface area contributed by atoms with Gasteiger partial charge in [0.1, 0.15) is 17.0 Å². The number of nitrogens with zero attached hydrogens (tertiary/aromatic N) is 2. The second-order valence-corrected chi connectivity index (χ2v) is 7.06. The van der Waals surface area contributed by atoms with Crippen LogP contribution in [0, 0.1) is 5.92 Å². The smallest absolute Gasteiger partial charge is 0.374 e. The number of hydrogen-bond donors (Lipinski definition) is 1. The normalized spacial score (nSPS) is 11.2. The standard InChI is InChI=1S/C20H21N3O6/c1-11(2)9-23-17(21)16(18(25)22(3)20(23)27)13(24)10-28-19(26)15-8-12-6-4-5-7-14(12)29-15/h4-8,11H,9-10,21H2,1-3H3. The summed E-state index contributed by atoms with van der Waals surface area (Å²) in [5.41, 5.74) is 4.61. The monoisotopic (exact) mass is 399 g/mol. The molecule has 0 unspecified atom stereocenters. The zero-order valence-corrected chi connectivity index (χ0v) is 16.3. The molecular formula is C20H21N3O6. The molecule has 2 N–H and O–H groups in total. The molecule has 2 heterocycles. The number of aromatic nitrogens is 2. The lowest BCUT2D eigenvalue weighted by Gasteiger charge is -2.16. The molecule has 29 heavy (non-hydrogen) atoms. The minimum Gasteiger partial charge on any atom is -0.451 e. The summed E-state index contributed by atoms with van der Waals surface area (Å²) in [4.78, 5) is 49.5. The van der Waals surface area contributed by atoms with Crippen LogP contribution in [0.3, 0.4) is 0 Å². The molecular weight excluding hydrogens is 378 g/mol. The highest BCUT2D eigenvalue weighted by atomic mass is 16.5. The maximum absolute atomic E-state index is 12.6. The van der Waals surface area contributed by atoms with Crippen molar-refractivity contribution in [2.24, 2.45) is 13.0 Å². The van der Waals surface area contributed by atoms with Gasteiger partial charge in [0.25, 0.3) is 5.56 Å². The summed E-state index contributed by atoms with van der Waals surface area (Å²) in [7, 11) is 1.26. The van der Waals surface area contributed by atoms with Crippen LogP contribution >= 0.6 is 0 Å². The van der Waals surface area contributed by atoms with E-state index in [9.17, 15) is 19.2 Å². The predicted molar refractivity (Wildman–Crippen MR) is 106 cm³/mol. The van der Waals surface area contributed by atoms with E-state index in [0.29, 0.717) is 11.0 Å². The number of nitrogen functional groups attached to an aromatic ring is 1. The molecule has 9 heteroatoms. The summed E-state index contributed by atoms with van der Waals surface area (Å²) >= 11 is 0. The topological polar surface area (TPSA) is 127 Å². The molecule has 0 saturated carbocycles. The number of benzene rings is 1. The summed E-state index contributed by atoms with van der Waals surface area (Å²) in [6, 6.07) is 8.51. The minimum atomic E-state index is -0.847. The number of ether oxygens (including phenoxy) is 1. The Morgan fingerprint density at radius 2 is 1.90 bits per heavy atom. The largest absolute Gasteiger partial charge is 0.451 e. The second-order valence-electron chi connectivity index (χ2n) is 7.06. The van der Waals surface area contributed by atoms with Crippen LogP contribution in [-0.4, -0.2) is 27.5 Å². The SMILES string of the molecule is CC(C)Cn1c(N)c(C(=O)COC(=O)c2cc3ccccc3o2)c(=O)n(C)c1=O. The average molecular weight is 399 g/mol. The maximum Gasteiger partial charge on any atom is 0.374 e. The molecule has 0 bridgehead atoms. The van der Waals surface area contributed by atoms with Gasteiger partial charge in [-0.2, -0.15) is 0 Å². The van der Waals surface area contributed by atoms with Crippen molar-refractivity contribution in [2.45, 2.75) is 20.4 Å². The average Bonchev–Trinajstić information content (AvgIpc) is 3.12. The van der Waals surface area contributed by atoms with E-state index in [4.69, 9.17) is 14.9 Å². The molecule has 3 aromatic rings. The van der Waals surface area contributed by atoms with Gasteiger partial charge in [-0.1, -0.05) is 32.0 Å². The molecule has 0 amide bonds. The quantitative estimate of drug-likeness (QED) is 0.492. The molecule has 0 saturated heterocycles. The van der Waals surface area contributed by atoms with Crippen LogP contribution in [0.2, 0.25) is 0 Å². The fraction of sp³-hybridized carbons (Fsp3) is 0.300. The summed E-state index contributed by atoms with van der Waals surface area (Å²) in [6.07, 6.45) is 0. The first kappa shape index (κ1) is 20.1. The molecule has 3 rings (SSSR count). The lowest BCUT2D eigenvalue weighted by Crippen LogP contribution is -2.43. The van der Waals surface area contributed by atoms with Crippen molar-refractivity contribution in [1.82, 2.24) is 9.13 Å². The van der Waals surface area contributed by atoms with Gasteiger partial charge in [-0.25, -0.2) is 9.59 Å². The van der Waals surface area contributed by atoms with Crippen molar-refractivity contribution >= 4 is 28.5 Å². The Morgan fingerprint density at radius 1 is 1.21 bits per heavy atom. The van der Waals surface area contributed by atoms with Gasteiger partial charge in [0, 0.05) is 19.0 Å². The first-order chi connectivity index (χ1) is 13.7. The number of fused-ring (bicyclic) bond motifs is 1. The highest BCUT2D eigenvalue weighted by molar-refractivity contribution is 6.02. The minimum absolute atomic E-state index is 0.0568. The highest BCUT2D eigenvalue weighted by Crippen LogP contribution is 2.19. The number of anilines is 1. The van der Waals surface area contributed by atoms with Gasteiger partial charge in [-0.15, -0.1) is 0 Å². The van der Waals surface area contributed by atoms with Crippen molar-refractivity contribution in [1.29, 1.82) is 0 Å². The van der Waals surface area contributed by atoms with Gasteiger partial charge < -0.3 is 14.9 Å². The van der Waals surface area contributed by atoms with E-state index in [1.807, 2.05) is 13.8 Å². The Hall–Kier alpha value is -3.62. The zero-order valence-electron chi connectivity index (χ0n) is 16.3.